The number of nitrogens with zero attached hydrogens (tertiary/aromatic N) is 2. The van der Waals surface area contributed by atoms with Crippen LogP contribution in [0.25, 0.3) is 10.9 Å². The van der Waals surface area contributed by atoms with Crippen molar-refractivity contribution >= 4 is 40.0 Å². The van der Waals surface area contributed by atoms with Crippen molar-refractivity contribution in [1.82, 2.24) is 15.1 Å². The third kappa shape index (κ3) is 2.38. The molecule has 2 aromatic carbocycles. The Morgan fingerprint density at radius 3 is 2.96 bits per heavy atom. The maximum atomic E-state index is 12.9. The van der Waals surface area contributed by atoms with Gasteiger partial charge in [-0.1, -0.05) is 41.4 Å². The molecule has 0 bridgehead atoms. The Bertz CT molecular complexity index is 919. The van der Waals surface area contributed by atoms with Crippen LogP contribution in [-0.4, -0.2) is 27.5 Å². The standard InChI is InChI=1S/C17H13Cl2N3O/c18-14-5-4-10-6-7-22(9-13(10)15(14)19)17(23)12-3-1-2-11-8-20-21-16(11)12/h1-5,8H,6-7,9H2,(H,20,21). The van der Waals surface area contributed by atoms with E-state index >= 15 is 0 Å². The number of amides is 1. The van der Waals surface area contributed by atoms with Gasteiger partial charge in [-0.25, -0.2) is 0 Å². The predicted octanol–water partition coefficient (Wildman–Crippen LogP) is 4.07. The molecule has 1 aliphatic heterocycles. The van der Waals surface area contributed by atoms with Crippen molar-refractivity contribution in [3.8, 4) is 0 Å². The van der Waals surface area contributed by atoms with Gasteiger partial charge in [0.05, 0.1) is 27.3 Å². The highest BCUT2D eigenvalue weighted by molar-refractivity contribution is 6.42. The second-order valence-corrected chi connectivity index (χ2v) is 6.40. The summed E-state index contributed by atoms with van der Waals surface area (Å²) in [6, 6.07) is 9.41. The number of hydrogen-bond acceptors (Lipinski definition) is 2. The monoisotopic (exact) mass is 345 g/mol. The molecule has 3 aromatic rings. The first-order valence-electron chi connectivity index (χ1n) is 7.32. The number of carbonyl (C=O) groups is 1. The first kappa shape index (κ1) is 14.5. The number of para-hydroxylation sites is 1. The van der Waals surface area contributed by atoms with E-state index in [2.05, 4.69) is 10.2 Å². The second kappa shape index (κ2) is 5.55. The van der Waals surface area contributed by atoms with Crippen molar-refractivity contribution in [2.24, 2.45) is 0 Å². The molecule has 0 saturated heterocycles. The lowest BCUT2D eigenvalue weighted by Crippen LogP contribution is -2.36. The van der Waals surface area contributed by atoms with Crippen LogP contribution in [0.4, 0.5) is 0 Å². The molecule has 0 aliphatic carbocycles. The lowest BCUT2D eigenvalue weighted by atomic mass is 9.99. The van der Waals surface area contributed by atoms with Crippen molar-refractivity contribution < 1.29 is 4.79 Å². The largest absolute Gasteiger partial charge is 0.334 e. The molecule has 0 unspecified atom stereocenters. The molecule has 0 radical (unpaired) electrons. The smallest absolute Gasteiger partial charge is 0.256 e. The lowest BCUT2D eigenvalue weighted by Gasteiger charge is -2.30. The van der Waals surface area contributed by atoms with Crippen LogP contribution in [-0.2, 0) is 13.0 Å². The molecular formula is C17H13Cl2N3O. The van der Waals surface area contributed by atoms with Crippen LogP contribution in [0.5, 0.6) is 0 Å². The first-order chi connectivity index (χ1) is 11.1. The second-order valence-electron chi connectivity index (χ2n) is 5.62. The molecule has 4 rings (SSSR count). The number of nitrogens with one attached hydrogen (secondary N) is 1. The molecule has 6 heteroatoms. The van der Waals surface area contributed by atoms with Crippen molar-refractivity contribution in [3.63, 3.8) is 0 Å². The summed E-state index contributed by atoms with van der Waals surface area (Å²) in [5.74, 6) is -0.0263. The minimum Gasteiger partial charge on any atom is -0.334 e. The SMILES string of the molecule is O=C(c1cccc2cn[nH]c12)N1CCc2ccc(Cl)c(Cl)c2C1. The van der Waals surface area contributed by atoms with E-state index in [9.17, 15) is 4.79 Å². The fourth-order valence-electron chi connectivity index (χ4n) is 3.05. The highest BCUT2D eigenvalue weighted by Crippen LogP contribution is 2.33. The predicted molar refractivity (Wildman–Crippen MR) is 91.0 cm³/mol. The normalized spacial score (nSPS) is 14.1. The number of benzene rings is 2. The van der Waals surface area contributed by atoms with E-state index in [1.807, 2.05) is 30.3 Å². The van der Waals surface area contributed by atoms with Gasteiger partial charge < -0.3 is 4.90 Å². The molecule has 1 amide bonds. The number of rotatable bonds is 1. The Morgan fingerprint density at radius 1 is 1.22 bits per heavy atom. The molecule has 0 saturated carbocycles. The number of H-pyrrole nitrogens is 1. The number of carbonyl (C=O) groups excluding carboxylic acids is 1. The van der Waals surface area contributed by atoms with Gasteiger partial charge in [0.2, 0.25) is 0 Å². The number of hydrogen-bond donors (Lipinski definition) is 1. The molecule has 23 heavy (non-hydrogen) atoms. The lowest BCUT2D eigenvalue weighted by molar-refractivity contribution is 0.0736. The third-order valence-corrected chi connectivity index (χ3v) is 5.13. The minimum atomic E-state index is -0.0263. The summed E-state index contributed by atoms with van der Waals surface area (Å²) in [6.07, 6.45) is 2.49. The summed E-state index contributed by atoms with van der Waals surface area (Å²) < 4.78 is 0. The summed E-state index contributed by atoms with van der Waals surface area (Å²) >= 11 is 12.4. The van der Waals surface area contributed by atoms with Gasteiger partial charge in [-0.15, -0.1) is 0 Å². The zero-order valence-electron chi connectivity index (χ0n) is 12.1. The van der Waals surface area contributed by atoms with E-state index in [0.717, 1.165) is 28.5 Å². The van der Waals surface area contributed by atoms with Gasteiger partial charge in [-0.3, -0.25) is 9.89 Å². The average Bonchev–Trinajstić information content (AvgIpc) is 3.06. The van der Waals surface area contributed by atoms with Crippen molar-refractivity contribution in [3.05, 3.63) is 63.3 Å². The van der Waals surface area contributed by atoms with E-state index < -0.39 is 0 Å². The van der Waals surface area contributed by atoms with Gasteiger partial charge in [0.25, 0.3) is 5.91 Å². The van der Waals surface area contributed by atoms with E-state index in [0.29, 0.717) is 28.7 Å². The summed E-state index contributed by atoms with van der Waals surface area (Å²) in [5.41, 5.74) is 3.49. The maximum Gasteiger partial charge on any atom is 0.256 e. The maximum absolute atomic E-state index is 12.9. The molecule has 1 aromatic heterocycles. The summed E-state index contributed by atoms with van der Waals surface area (Å²) in [6.45, 7) is 1.13. The van der Waals surface area contributed by atoms with Gasteiger partial charge in [0.1, 0.15) is 0 Å². The Kier molecular flexibility index (Phi) is 3.51. The quantitative estimate of drug-likeness (QED) is 0.722. The topological polar surface area (TPSA) is 49.0 Å². The fraction of sp³-hybridized carbons (Fsp3) is 0.176. The van der Waals surface area contributed by atoms with Crippen molar-refractivity contribution in [2.75, 3.05) is 6.54 Å². The zero-order chi connectivity index (χ0) is 16.0. The fourth-order valence-corrected chi connectivity index (χ4v) is 3.48. The molecule has 2 heterocycles. The molecule has 0 fully saturated rings. The number of halogens is 2. The molecular weight excluding hydrogens is 333 g/mol. The summed E-state index contributed by atoms with van der Waals surface area (Å²) in [5, 5.41) is 8.91. The van der Waals surface area contributed by atoms with Crippen molar-refractivity contribution in [1.29, 1.82) is 0 Å². The molecule has 0 spiro atoms. The minimum absolute atomic E-state index is 0.0263. The number of aromatic nitrogens is 2. The summed E-state index contributed by atoms with van der Waals surface area (Å²) in [7, 11) is 0. The first-order valence-corrected chi connectivity index (χ1v) is 8.08. The molecule has 1 N–H and O–H groups in total. The Labute approximate surface area is 143 Å². The highest BCUT2D eigenvalue weighted by Gasteiger charge is 2.25. The van der Waals surface area contributed by atoms with E-state index in [1.165, 1.54) is 0 Å². The van der Waals surface area contributed by atoms with E-state index in [4.69, 9.17) is 23.2 Å². The van der Waals surface area contributed by atoms with E-state index in [1.54, 1.807) is 11.1 Å². The Morgan fingerprint density at radius 2 is 2.09 bits per heavy atom. The van der Waals surface area contributed by atoms with Crippen molar-refractivity contribution in [2.45, 2.75) is 13.0 Å². The molecule has 0 atom stereocenters. The third-order valence-electron chi connectivity index (χ3n) is 4.29. The van der Waals surface area contributed by atoms with E-state index in [-0.39, 0.29) is 5.91 Å². The van der Waals surface area contributed by atoms with Gasteiger partial charge in [0.15, 0.2) is 0 Å². The van der Waals surface area contributed by atoms with Crippen LogP contribution in [0.15, 0.2) is 36.5 Å². The van der Waals surface area contributed by atoms with Crippen LogP contribution < -0.4 is 0 Å². The zero-order valence-corrected chi connectivity index (χ0v) is 13.7. The number of aromatic amines is 1. The average molecular weight is 346 g/mol. The van der Waals surface area contributed by atoms with Gasteiger partial charge >= 0.3 is 0 Å². The Balaban J connectivity index is 1.71. The van der Waals surface area contributed by atoms with Gasteiger partial charge in [-0.2, -0.15) is 5.10 Å². The Hall–Kier alpha value is -2.04. The van der Waals surface area contributed by atoms with Gasteiger partial charge in [0, 0.05) is 18.5 Å². The van der Waals surface area contributed by atoms with Crippen LogP contribution in [0.2, 0.25) is 10.0 Å². The molecule has 116 valence electrons. The summed E-state index contributed by atoms with van der Waals surface area (Å²) in [4.78, 5) is 14.7. The molecule has 1 aliphatic rings. The van der Waals surface area contributed by atoms with Crippen LogP contribution in [0.3, 0.4) is 0 Å². The number of fused-ring (bicyclic) bond motifs is 2. The van der Waals surface area contributed by atoms with Crippen LogP contribution >= 0.6 is 23.2 Å². The highest BCUT2D eigenvalue weighted by atomic mass is 35.5. The van der Waals surface area contributed by atoms with Gasteiger partial charge in [-0.05, 0) is 29.7 Å². The van der Waals surface area contributed by atoms with Crippen LogP contribution in [0.1, 0.15) is 21.5 Å². The van der Waals surface area contributed by atoms with Crippen LogP contribution in [0, 0.1) is 0 Å². The molecule has 4 nitrogen and oxygen atoms in total.